The van der Waals surface area contributed by atoms with E-state index in [1.807, 2.05) is 0 Å². The number of anilines is 1. The van der Waals surface area contributed by atoms with Gasteiger partial charge in [0.05, 0.1) is 10.6 Å². The molecule has 1 saturated heterocycles. The fraction of sp³-hybridized carbons (Fsp3) is 0.412. The Morgan fingerprint density at radius 2 is 1.80 bits per heavy atom. The summed E-state index contributed by atoms with van der Waals surface area (Å²) in [6.45, 7) is 1.78. The number of fused-ring (bicyclic) bond motifs is 1. The second kappa shape index (κ2) is 6.34. The predicted molar refractivity (Wildman–Crippen MR) is 91.4 cm³/mol. The molecule has 0 N–H and O–H groups in total. The van der Waals surface area contributed by atoms with E-state index >= 15 is 0 Å². The van der Waals surface area contributed by atoms with Crippen LogP contribution in [0.4, 0.5) is 10.2 Å². The van der Waals surface area contributed by atoms with Gasteiger partial charge in [-0.15, -0.1) is 5.10 Å². The van der Waals surface area contributed by atoms with Gasteiger partial charge in [-0.05, 0) is 49.1 Å². The zero-order valence-corrected chi connectivity index (χ0v) is 14.5. The maximum absolute atomic E-state index is 13.4. The van der Waals surface area contributed by atoms with Crippen LogP contribution < -0.4 is 4.90 Å². The summed E-state index contributed by atoms with van der Waals surface area (Å²) in [6, 6.07) is 7.22. The van der Waals surface area contributed by atoms with Gasteiger partial charge in [-0.1, -0.05) is 6.07 Å². The molecule has 1 aliphatic heterocycles. The van der Waals surface area contributed by atoms with E-state index in [2.05, 4.69) is 21.2 Å². The summed E-state index contributed by atoms with van der Waals surface area (Å²) in [7, 11) is -3.67. The number of nitrogens with zero attached hydrogens (tertiary/aromatic N) is 4. The van der Waals surface area contributed by atoms with Crippen LogP contribution in [0.3, 0.4) is 0 Å². The Balaban J connectivity index is 1.48. The molecule has 2 heterocycles. The molecule has 4 rings (SSSR count). The molecule has 0 unspecified atom stereocenters. The third kappa shape index (κ3) is 3.11. The van der Waals surface area contributed by atoms with Gasteiger partial charge in [0.2, 0.25) is 10.0 Å². The van der Waals surface area contributed by atoms with Crippen molar-refractivity contribution in [2.24, 2.45) is 0 Å². The number of aryl methyl sites for hydroxylation is 2. The summed E-state index contributed by atoms with van der Waals surface area (Å²) < 4.78 is 40.1. The van der Waals surface area contributed by atoms with Crippen molar-refractivity contribution in [3.63, 3.8) is 0 Å². The fourth-order valence-corrected chi connectivity index (χ4v) is 4.86. The maximum Gasteiger partial charge on any atom is 0.243 e. The Bertz CT molecular complexity index is 895. The third-order valence-electron chi connectivity index (χ3n) is 4.80. The number of aromatic nitrogens is 2. The number of benzene rings is 1. The molecule has 1 aromatic carbocycles. The molecule has 1 fully saturated rings. The van der Waals surface area contributed by atoms with E-state index in [-0.39, 0.29) is 4.90 Å². The highest BCUT2D eigenvalue weighted by Gasteiger charge is 2.29. The molecule has 1 aliphatic carbocycles. The molecule has 0 radical (unpaired) electrons. The zero-order chi connectivity index (χ0) is 17.4. The lowest BCUT2D eigenvalue weighted by Gasteiger charge is -2.34. The van der Waals surface area contributed by atoms with Gasteiger partial charge in [-0.3, -0.25) is 0 Å². The van der Waals surface area contributed by atoms with Gasteiger partial charge in [0.1, 0.15) is 5.82 Å². The van der Waals surface area contributed by atoms with Gasteiger partial charge >= 0.3 is 0 Å². The van der Waals surface area contributed by atoms with Crippen molar-refractivity contribution in [1.82, 2.24) is 14.5 Å². The largest absolute Gasteiger partial charge is 0.352 e. The molecule has 2 aromatic rings. The Labute approximate surface area is 146 Å². The Kier molecular flexibility index (Phi) is 4.16. The van der Waals surface area contributed by atoms with Crippen molar-refractivity contribution in [2.75, 3.05) is 31.1 Å². The van der Waals surface area contributed by atoms with Crippen LogP contribution in [0.2, 0.25) is 0 Å². The molecule has 8 heteroatoms. The summed E-state index contributed by atoms with van der Waals surface area (Å²) in [4.78, 5) is 2.06. The van der Waals surface area contributed by atoms with Crippen LogP contribution in [-0.4, -0.2) is 49.1 Å². The number of hydrogen-bond acceptors (Lipinski definition) is 5. The van der Waals surface area contributed by atoms with Crippen molar-refractivity contribution in [2.45, 2.75) is 24.2 Å². The lowest BCUT2D eigenvalue weighted by atomic mass is 10.2. The van der Waals surface area contributed by atoms with Crippen LogP contribution in [0, 0.1) is 5.82 Å². The summed E-state index contributed by atoms with van der Waals surface area (Å²) >= 11 is 0. The molecule has 1 aromatic heterocycles. The highest BCUT2D eigenvalue weighted by atomic mass is 32.2. The molecule has 132 valence electrons. The lowest BCUT2D eigenvalue weighted by Crippen LogP contribution is -2.49. The average molecular weight is 362 g/mol. The Morgan fingerprint density at radius 3 is 2.56 bits per heavy atom. The van der Waals surface area contributed by atoms with Gasteiger partial charge in [-0.25, -0.2) is 12.8 Å². The molecule has 6 nitrogen and oxygen atoms in total. The number of piperazine rings is 1. The third-order valence-corrected chi connectivity index (χ3v) is 6.70. The van der Waals surface area contributed by atoms with Crippen molar-refractivity contribution in [1.29, 1.82) is 0 Å². The SMILES string of the molecule is O=S(=O)(c1cccc(F)c1)N1CCN(c2cc3c(nn2)CCC3)CC1. The average Bonchev–Trinajstić information content (AvgIpc) is 3.09. The number of sulfonamides is 1. The van der Waals surface area contributed by atoms with E-state index in [1.165, 1.54) is 28.1 Å². The van der Waals surface area contributed by atoms with Crippen molar-refractivity contribution >= 4 is 15.8 Å². The monoisotopic (exact) mass is 362 g/mol. The van der Waals surface area contributed by atoms with Gasteiger partial charge in [0.15, 0.2) is 5.82 Å². The first-order valence-corrected chi connectivity index (χ1v) is 9.84. The van der Waals surface area contributed by atoms with Gasteiger partial charge in [0, 0.05) is 26.2 Å². The van der Waals surface area contributed by atoms with Gasteiger partial charge in [-0.2, -0.15) is 9.40 Å². The van der Waals surface area contributed by atoms with Crippen LogP contribution in [-0.2, 0) is 22.9 Å². The van der Waals surface area contributed by atoms with Gasteiger partial charge < -0.3 is 4.90 Å². The highest BCUT2D eigenvalue weighted by Crippen LogP contribution is 2.24. The fourth-order valence-electron chi connectivity index (χ4n) is 3.41. The molecule has 0 amide bonds. The van der Waals surface area contributed by atoms with E-state index in [9.17, 15) is 12.8 Å². The minimum atomic E-state index is -3.67. The molecular weight excluding hydrogens is 343 g/mol. The minimum absolute atomic E-state index is 0.00160. The molecule has 25 heavy (non-hydrogen) atoms. The maximum atomic E-state index is 13.4. The first kappa shape index (κ1) is 16.4. The Morgan fingerprint density at radius 1 is 1.00 bits per heavy atom. The second-order valence-corrected chi connectivity index (χ2v) is 8.31. The molecule has 0 saturated carbocycles. The van der Waals surface area contributed by atoms with Crippen LogP contribution in [0.5, 0.6) is 0 Å². The van der Waals surface area contributed by atoms with Crippen LogP contribution in [0.15, 0.2) is 35.2 Å². The Hall–Kier alpha value is -2.06. The molecule has 0 atom stereocenters. The number of hydrogen-bond donors (Lipinski definition) is 0. The van der Waals surface area contributed by atoms with E-state index in [1.54, 1.807) is 0 Å². The van der Waals surface area contributed by atoms with E-state index in [0.717, 1.165) is 36.8 Å². The highest BCUT2D eigenvalue weighted by molar-refractivity contribution is 7.89. The molecule has 0 spiro atoms. The van der Waals surface area contributed by atoms with E-state index in [4.69, 9.17) is 0 Å². The summed E-state index contributed by atoms with van der Waals surface area (Å²) in [5.41, 5.74) is 2.33. The first-order chi connectivity index (χ1) is 12.0. The quantitative estimate of drug-likeness (QED) is 0.830. The topological polar surface area (TPSA) is 66.4 Å². The van der Waals surface area contributed by atoms with Crippen LogP contribution >= 0.6 is 0 Å². The van der Waals surface area contributed by atoms with E-state index < -0.39 is 15.8 Å². The van der Waals surface area contributed by atoms with Crippen LogP contribution in [0.1, 0.15) is 17.7 Å². The van der Waals surface area contributed by atoms with Crippen molar-refractivity contribution in [3.8, 4) is 0 Å². The first-order valence-electron chi connectivity index (χ1n) is 8.40. The summed E-state index contributed by atoms with van der Waals surface area (Å²) in [5, 5.41) is 8.58. The molecular formula is C17H19FN4O2S. The predicted octanol–water partition coefficient (Wildman–Crippen LogP) is 1.62. The number of rotatable bonds is 3. The zero-order valence-electron chi connectivity index (χ0n) is 13.7. The van der Waals surface area contributed by atoms with Gasteiger partial charge in [0.25, 0.3) is 0 Å². The lowest BCUT2D eigenvalue weighted by molar-refractivity contribution is 0.383. The van der Waals surface area contributed by atoms with Crippen molar-refractivity contribution in [3.05, 3.63) is 47.4 Å². The smallest absolute Gasteiger partial charge is 0.243 e. The van der Waals surface area contributed by atoms with Crippen LogP contribution in [0.25, 0.3) is 0 Å². The molecule has 2 aliphatic rings. The number of halogens is 1. The standard InChI is InChI=1S/C17H19FN4O2S/c18-14-4-2-5-15(12-14)25(23,24)22-9-7-21(8-10-22)17-11-13-3-1-6-16(13)19-20-17/h2,4-5,11-12H,1,3,6-10H2. The summed E-state index contributed by atoms with van der Waals surface area (Å²) in [6.07, 6.45) is 3.14. The van der Waals surface area contributed by atoms with Crippen molar-refractivity contribution < 1.29 is 12.8 Å². The molecule has 0 bridgehead atoms. The minimum Gasteiger partial charge on any atom is -0.352 e. The summed E-state index contributed by atoms with van der Waals surface area (Å²) in [5.74, 6) is 0.261. The normalized spacial score (nSPS) is 18.4. The second-order valence-electron chi connectivity index (χ2n) is 6.38. The van der Waals surface area contributed by atoms with E-state index in [0.29, 0.717) is 26.2 Å².